The number of pyridine rings is 1. The first kappa shape index (κ1) is 11.6. The molecule has 0 saturated carbocycles. The molecule has 1 aromatic carbocycles. The lowest BCUT2D eigenvalue weighted by molar-refractivity contribution is 1.23. The Kier molecular flexibility index (Phi) is 2.50. The minimum atomic E-state index is 0.0525. The Morgan fingerprint density at radius 3 is 2.50 bits per heavy atom. The van der Waals surface area contributed by atoms with Gasteiger partial charge < -0.3 is 0 Å². The zero-order valence-corrected chi connectivity index (χ0v) is 10.1. The third-order valence-electron chi connectivity index (χ3n) is 3.10. The summed E-state index contributed by atoms with van der Waals surface area (Å²) >= 11 is 0. The lowest BCUT2D eigenvalue weighted by Gasteiger charge is -2.00. The average molecular weight is 255 g/mol. The summed E-state index contributed by atoms with van der Waals surface area (Å²) in [4.78, 5) is 7.26. The van der Waals surface area contributed by atoms with E-state index in [2.05, 4.69) is 15.0 Å². The topological polar surface area (TPSA) is 77.2 Å². The number of rotatable bonds is 0. The first-order valence-corrected chi connectivity index (χ1v) is 5.70. The molecule has 0 atom stereocenters. The summed E-state index contributed by atoms with van der Waals surface area (Å²) in [7, 11) is 0. The zero-order chi connectivity index (χ0) is 14.1. The smallest absolute Gasteiger partial charge is 0.180 e. The molecule has 2 aromatic rings. The highest BCUT2D eigenvalue weighted by atomic mass is 15.2. The van der Waals surface area contributed by atoms with E-state index in [9.17, 15) is 0 Å². The van der Waals surface area contributed by atoms with Crippen LogP contribution in [0.25, 0.3) is 16.1 Å². The molecule has 1 aliphatic carbocycles. The van der Waals surface area contributed by atoms with E-state index in [1.807, 2.05) is 36.4 Å². The molecule has 0 fully saturated rings. The highest BCUT2D eigenvalue weighted by Gasteiger charge is 2.29. The van der Waals surface area contributed by atoms with Gasteiger partial charge in [-0.1, -0.05) is 24.3 Å². The summed E-state index contributed by atoms with van der Waals surface area (Å²) in [5, 5.41) is 21.9. The third-order valence-corrected chi connectivity index (χ3v) is 3.10. The summed E-state index contributed by atoms with van der Waals surface area (Å²) in [6.45, 7) is 6.92. The van der Waals surface area contributed by atoms with E-state index in [4.69, 9.17) is 17.1 Å². The maximum Gasteiger partial charge on any atom is 0.180 e. The van der Waals surface area contributed by atoms with E-state index in [1.54, 1.807) is 6.07 Å². The number of hydrogen-bond acceptors (Lipinski definition) is 4. The zero-order valence-electron chi connectivity index (χ0n) is 10.1. The maximum atomic E-state index is 9.08. The maximum absolute atomic E-state index is 9.08. The van der Waals surface area contributed by atoms with Crippen molar-refractivity contribution >= 4 is 5.71 Å². The van der Waals surface area contributed by atoms with Gasteiger partial charge in [-0.15, -0.1) is 4.95 Å². The minimum absolute atomic E-state index is 0.0525. The monoisotopic (exact) mass is 255 g/mol. The van der Waals surface area contributed by atoms with Crippen LogP contribution in [0.2, 0.25) is 0 Å². The largest absolute Gasteiger partial charge is 0.233 e. The van der Waals surface area contributed by atoms with Crippen LogP contribution in [0.4, 0.5) is 0 Å². The van der Waals surface area contributed by atoms with Crippen LogP contribution in [-0.4, -0.2) is 10.7 Å². The summed E-state index contributed by atoms with van der Waals surface area (Å²) in [6.07, 6.45) is 0. The summed E-state index contributed by atoms with van der Waals surface area (Å²) in [5.74, 6) is 0. The highest BCUT2D eigenvalue weighted by Crippen LogP contribution is 2.36. The van der Waals surface area contributed by atoms with Crippen LogP contribution in [-0.2, 0) is 0 Å². The molecule has 1 aromatic heterocycles. The molecule has 1 heterocycles. The molecule has 0 N–H and O–H groups in total. The molecule has 0 radical (unpaired) electrons. The van der Waals surface area contributed by atoms with Gasteiger partial charge in [-0.25, -0.2) is 4.98 Å². The van der Waals surface area contributed by atoms with Crippen LogP contribution >= 0.6 is 0 Å². The van der Waals surface area contributed by atoms with Gasteiger partial charge >= 0.3 is 0 Å². The van der Waals surface area contributed by atoms with Crippen molar-refractivity contribution in [2.75, 3.05) is 0 Å². The van der Waals surface area contributed by atoms with Crippen LogP contribution in [0.3, 0.4) is 0 Å². The van der Waals surface area contributed by atoms with Crippen molar-refractivity contribution in [3.05, 3.63) is 64.4 Å². The van der Waals surface area contributed by atoms with Crippen molar-refractivity contribution in [3.63, 3.8) is 0 Å². The van der Waals surface area contributed by atoms with Gasteiger partial charge in [0.1, 0.15) is 17.8 Å². The Bertz CT molecular complexity index is 888. The summed E-state index contributed by atoms with van der Waals surface area (Å²) in [5.41, 5.74) is 3.62. The number of nitrogens with zero attached hydrogens (tertiary/aromatic N) is 5. The van der Waals surface area contributed by atoms with E-state index in [1.165, 1.54) is 0 Å². The van der Waals surface area contributed by atoms with Crippen molar-refractivity contribution in [3.8, 4) is 23.3 Å². The lowest BCUT2D eigenvalue weighted by atomic mass is 10.1. The second kappa shape index (κ2) is 4.31. The average Bonchev–Trinajstić information content (AvgIpc) is 2.80. The van der Waals surface area contributed by atoms with E-state index in [0.29, 0.717) is 11.4 Å². The van der Waals surface area contributed by atoms with E-state index in [0.717, 1.165) is 16.7 Å². The van der Waals surface area contributed by atoms with Crippen molar-refractivity contribution in [1.29, 1.82) is 10.5 Å². The molecule has 3 rings (SSSR count). The number of benzene rings is 1. The third kappa shape index (κ3) is 1.47. The molecule has 0 aliphatic heterocycles. The molecule has 0 bridgehead atoms. The van der Waals surface area contributed by atoms with Gasteiger partial charge in [-0.05, 0) is 11.6 Å². The molecule has 0 spiro atoms. The first-order valence-electron chi connectivity index (χ1n) is 5.70. The van der Waals surface area contributed by atoms with Gasteiger partial charge in [0, 0.05) is 11.1 Å². The van der Waals surface area contributed by atoms with Crippen LogP contribution in [0, 0.1) is 29.2 Å². The number of hydrogen-bond donors (Lipinski definition) is 0. The first-order chi connectivity index (χ1) is 9.80. The van der Waals surface area contributed by atoms with Crippen molar-refractivity contribution < 1.29 is 0 Å². The molecular weight excluding hydrogens is 250 g/mol. The highest BCUT2D eigenvalue weighted by molar-refractivity contribution is 6.23. The molecular formula is C15H5N5. The SMILES string of the molecule is [C-]#[N+]/N=C1/c2ccccc2-c2cc(C#N)c(C#N)nc21. The van der Waals surface area contributed by atoms with Gasteiger partial charge in [0.25, 0.3) is 0 Å². The molecule has 0 amide bonds. The van der Waals surface area contributed by atoms with E-state index >= 15 is 0 Å². The summed E-state index contributed by atoms with van der Waals surface area (Å²) in [6, 6.07) is 12.9. The van der Waals surface area contributed by atoms with E-state index in [-0.39, 0.29) is 11.3 Å². The van der Waals surface area contributed by atoms with Gasteiger partial charge in [0.2, 0.25) is 0 Å². The second-order valence-electron chi connectivity index (χ2n) is 4.10. The molecule has 5 heteroatoms. The normalized spacial score (nSPS) is 12.9. The van der Waals surface area contributed by atoms with Gasteiger partial charge in [0.15, 0.2) is 11.4 Å². The second-order valence-corrected chi connectivity index (χ2v) is 4.10. The van der Waals surface area contributed by atoms with Gasteiger partial charge in [0.05, 0.1) is 10.7 Å². The Hall–Kier alpha value is -3.49. The Morgan fingerprint density at radius 1 is 1.10 bits per heavy atom. The Morgan fingerprint density at radius 2 is 1.85 bits per heavy atom. The number of fused-ring (bicyclic) bond motifs is 3. The van der Waals surface area contributed by atoms with E-state index < -0.39 is 0 Å². The predicted octanol–water partition coefficient (Wildman–Crippen LogP) is 2.48. The van der Waals surface area contributed by atoms with Gasteiger partial charge in [-0.3, -0.25) is 0 Å². The predicted molar refractivity (Wildman–Crippen MR) is 71.3 cm³/mol. The minimum Gasteiger partial charge on any atom is -0.233 e. The molecule has 0 saturated heterocycles. The quantitative estimate of drug-likeness (QED) is 0.457. The van der Waals surface area contributed by atoms with Crippen molar-refractivity contribution in [2.45, 2.75) is 0 Å². The fraction of sp³-hybridized carbons (Fsp3) is 0. The molecule has 0 unspecified atom stereocenters. The van der Waals surface area contributed by atoms with Crippen LogP contribution in [0.5, 0.6) is 0 Å². The molecule has 20 heavy (non-hydrogen) atoms. The Labute approximate surface area is 114 Å². The van der Waals surface area contributed by atoms with Crippen LogP contribution in [0.15, 0.2) is 35.4 Å². The van der Waals surface area contributed by atoms with Crippen LogP contribution in [0.1, 0.15) is 22.5 Å². The molecule has 5 nitrogen and oxygen atoms in total. The fourth-order valence-corrected chi connectivity index (χ4v) is 2.27. The molecule has 1 aliphatic rings. The Balaban J connectivity index is 2.41. The van der Waals surface area contributed by atoms with Gasteiger partial charge in [-0.2, -0.15) is 17.1 Å². The lowest BCUT2D eigenvalue weighted by Crippen LogP contribution is -2.02. The number of nitriles is 2. The van der Waals surface area contributed by atoms with Crippen molar-refractivity contribution in [2.24, 2.45) is 5.10 Å². The molecule has 90 valence electrons. The standard InChI is InChI=1S/C15H5N5/c1-18-20-15-11-5-3-2-4-10(11)12-6-9(7-16)13(8-17)19-14(12)15/h2-6H/b20-15-. The van der Waals surface area contributed by atoms with Crippen molar-refractivity contribution in [1.82, 2.24) is 4.98 Å². The number of aromatic nitrogens is 1. The fourth-order valence-electron chi connectivity index (χ4n) is 2.27. The van der Waals surface area contributed by atoms with Crippen LogP contribution < -0.4 is 0 Å². The summed E-state index contributed by atoms with van der Waals surface area (Å²) < 4.78 is 0.